The maximum absolute atomic E-state index is 5.89. The topological polar surface area (TPSA) is 24.5 Å². The summed E-state index contributed by atoms with van der Waals surface area (Å²) in [5.41, 5.74) is 1.19. The third-order valence-electron chi connectivity index (χ3n) is 3.06. The van der Waals surface area contributed by atoms with Crippen molar-refractivity contribution < 1.29 is 4.74 Å². The van der Waals surface area contributed by atoms with Crippen LogP contribution in [-0.2, 0) is 4.74 Å². The summed E-state index contributed by atoms with van der Waals surface area (Å²) in [4.78, 5) is 2.05. The molecule has 19 heavy (non-hydrogen) atoms. The zero-order valence-corrected chi connectivity index (χ0v) is 13.2. The van der Waals surface area contributed by atoms with E-state index in [-0.39, 0.29) is 6.04 Å². The van der Waals surface area contributed by atoms with E-state index in [2.05, 4.69) is 12.2 Å². The Bertz CT molecular complexity index is 397. The van der Waals surface area contributed by atoms with Gasteiger partial charge in [0.2, 0.25) is 0 Å². The number of hydrogen-bond acceptors (Lipinski definition) is 2. The zero-order valence-electron chi connectivity index (χ0n) is 11.6. The molecule has 5 heteroatoms. The third kappa shape index (κ3) is 5.35. The minimum atomic E-state index is 0.208. The fourth-order valence-electron chi connectivity index (χ4n) is 1.68. The molecule has 0 aliphatic rings. The van der Waals surface area contributed by atoms with E-state index in [0.717, 1.165) is 29.7 Å². The molecule has 0 aliphatic heterocycles. The lowest BCUT2D eigenvalue weighted by Gasteiger charge is -2.28. The smallest absolute Gasteiger partial charge is 0.169 e. The van der Waals surface area contributed by atoms with Crippen LogP contribution in [0.1, 0.15) is 24.9 Å². The van der Waals surface area contributed by atoms with E-state index in [1.165, 1.54) is 5.56 Å². The lowest BCUT2D eigenvalue weighted by atomic mass is 10.1. The van der Waals surface area contributed by atoms with Gasteiger partial charge in [-0.3, -0.25) is 0 Å². The molecule has 0 heterocycles. The summed E-state index contributed by atoms with van der Waals surface area (Å²) in [6.45, 7) is 3.68. The Morgan fingerprint density at radius 1 is 1.42 bits per heavy atom. The van der Waals surface area contributed by atoms with Crippen molar-refractivity contribution in [3.63, 3.8) is 0 Å². The molecule has 1 unspecified atom stereocenters. The van der Waals surface area contributed by atoms with Crippen LogP contribution in [0.15, 0.2) is 24.3 Å². The summed E-state index contributed by atoms with van der Waals surface area (Å²) >= 11 is 11.3. The van der Waals surface area contributed by atoms with Gasteiger partial charge in [-0.2, -0.15) is 0 Å². The Kier molecular flexibility index (Phi) is 7.13. The number of ether oxygens (including phenoxy) is 1. The second-order valence-corrected chi connectivity index (χ2v) is 5.24. The number of rotatable bonds is 6. The number of hydrogen-bond donors (Lipinski definition) is 1. The molecule has 0 amide bonds. The average molecular weight is 301 g/mol. The lowest BCUT2D eigenvalue weighted by Crippen LogP contribution is -2.39. The molecule has 106 valence electrons. The largest absolute Gasteiger partial charge is 0.385 e. The van der Waals surface area contributed by atoms with Crippen LogP contribution in [0.4, 0.5) is 0 Å². The van der Waals surface area contributed by atoms with Crippen LogP contribution in [0.3, 0.4) is 0 Å². The van der Waals surface area contributed by atoms with Gasteiger partial charge in [0.15, 0.2) is 5.11 Å². The first kappa shape index (κ1) is 16.2. The van der Waals surface area contributed by atoms with Crippen LogP contribution in [0, 0.1) is 0 Å². The van der Waals surface area contributed by atoms with Gasteiger partial charge in [0.25, 0.3) is 0 Å². The van der Waals surface area contributed by atoms with Gasteiger partial charge in [-0.1, -0.05) is 23.7 Å². The molecule has 0 bridgehead atoms. The molecule has 0 aromatic heterocycles. The molecule has 0 radical (unpaired) electrons. The first-order valence-electron chi connectivity index (χ1n) is 6.31. The highest BCUT2D eigenvalue weighted by atomic mass is 35.5. The second-order valence-electron chi connectivity index (χ2n) is 4.42. The van der Waals surface area contributed by atoms with Crippen LogP contribution in [0.25, 0.3) is 0 Å². The average Bonchev–Trinajstić information content (AvgIpc) is 2.42. The van der Waals surface area contributed by atoms with E-state index < -0.39 is 0 Å². The number of nitrogens with one attached hydrogen (secondary N) is 1. The minimum Gasteiger partial charge on any atom is -0.385 e. The first-order chi connectivity index (χ1) is 9.06. The molecule has 0 spiro atoms. The van der Waals surface area contributed by atoms with Gasteiger partial charge >= 0.3 is 0 Å². The molecule has 1 aromatic carbocycles. The highest BCUT2D eigenvalue weighted by Crippen LogP contribution is 2.20. The van der Waals surface area contributed by atoms with Crippen molar-refractivity contribution in [2.75, 3.05) is 27.3 Å². The fraction of sp³-hybridized carbons (Fsp3) is 0.500. The van der Waals surface area contributed by atoms with Crippen molar-refractivity contribution >= 4 is 28.9 Å². The SMILES string of the molecule is COCCCNC(=S)N(C)C(C)c1ccc(Cl)cc1. The van der Waals surface area contributed by atoms with Crippen LogP contribution in [-0.4, -0.2) is 37.3 Å². The van der Waals surface area contributed by atoms with Gasteiger partial charge in [-0.05, 0) is 43.3 Å². The highest BCUT2D eigenvalue weighted by molar-refractivity contribution is 7.80. The highest BCUT2D eigenvalue weighted by Gasteiger charge is 2.13. The summed E-state index contributed by atoms with van der Waals surface area (Å²) in [5, 5.41) is 4.73. The van der Waals surface area contributed by atoms with E-state index in [9.17, 15) is 0 Å². The summed E-state index contributed by atoms with van der Waals surface area (Å²) in [6.07, 6.45) is 0.944. The monoisotopic (exact) mass is 300 g/mol. The van der Waals surface area contributed by atoms with E-state index >= 15 is 0 Å². The van der Waals surface area contributed by atoms with Gasteiger partial charge in [0.05, 0.1) is 6.04 Å². The Balaban J connectivity index is 2.49. The number of methoxy groups -OCH3 is 1. The van der Waals surface area contributed by atoms with Crippen LogP contribution in [0.2, 0.25) is 5.02 Å². The van der Waals surface area contributed by atoms with Gasteiger partial charge in [0.1, 0.15) is 0 Å². The molecule has 3 nitrogen and oxygen atoms in total. The summed E-state index contributed by atoms with van der Waals surface area (Å²) in [6, 6.07) is 8.06. The third-order valence-corrected chi connectivity index (χ3v) is 3.74. The van der Waals surface area contributed by atoms with E-state index in [4.69, 9.17) is 28.6 Å². The van der Waals surface area contributed by atoms with Crippen LogP contribution in [0.5, 0.6) is 0 Å². The molecular formula is C14H21ClN2OS. The van der Waals surface area contributed by atoms with E-state index in [1.807, 2.05) is 36.2 Å². The van der Waals surface area contributed by atoms with Gasteiger partial charge < -0.3 is 15.0 Å². The first-order valence-corrected chi connectivity index (χ1v) is 7.10. The number of benzene rings is 1. The summed E-state index contributed by atoms with van der Waals surface area (Å²) < 4.78 is 5.00. The zero-order chi connectivity index (χ0) is 14.3. The molecule has 0 fully saturated rings. The molecule has 1 rings (SSSR count). The van der Waals surface area contributed by atoms with Crippen LogP contribution >= 0.6 is 23.8 Å². The van der Waals surface area contributed by atoms with Crippen molar-refractivity contribution in [2.45, 2.75) is 19.4 Å². The molecule has 1 aromatic rings. The molecule has 0 saturated carbocycles. The van der Waals surface area contributed by atoms with Gasteiger partial charge in [0, 0.05) is 32.3 Å². The lowest BCUT2D eigenvalue weighted by molar-refractivity contribution is 0.195. The standard InChI is InChI=1S/C14H21ClN2OS/c1-11(12-5-7-13(15)8-6-12)17(2)14(19)16-9-4-10-18-3/h5-8,11H,4,9-10H2,1-3H3,(H,16,19). The van der Waals surface area contributed by atoms with Gasteiger partial charge in [-0.25, -0.2) is 0 Å². The number of thiocarbonyl (C=S) groups is 1. The van der Waals surface area contributed by atoms with Crippen molar-refractivity contribution in [1.29, 1.82) is 0 Å². The quantitative estimate of drug-likeness (QED) is 0.644. The normalized spacial score (nSPS) is 12.0. The Labute approximate surface area is 125 Å². The van der Waals surface area contributed by atoms with Crippen molar-refractivity contribution in [1.82, 2.24) is 10.2 Å². The Morgan fingerprint density at radius 3 is 2.63 bits per heavy atom. The molecule has 0 aliphatic carbocycles. The van der Waals surface area contributed by atoms with E-state index in [1.54, 1.807) is 7.11 Å². The maximum Gasteiger partial charge on any atom is 0.169 e. The van der Waals surface area contributed by atoms with Crippen molar-refractivity contribution in [3.05, 3.63) is 34.9 Å². The number of nitrogens with zero attached hydrogens (tertiary/aromatic N) is 1. The Morgan fingerprint density at radius 2 is 2.05 bits per heavy atom. The minimum absolute atomic E-state index is 0.208. The predicted molar refractivity (Wildman–Crippen MR) is 84.7 cm³/mol. The van der Waals surface area contributed by atoms with E-state index in [0.29, 0.717) is 0 Å². The summed E-state index contributed by atoms with van der Waals surface area (Å²) in [7, 11) is 3.69. The maximum atomic E-state index is 5.89. The Hall–Kier alpha value is -0.840. The van der Waals surface area contributed by atoms with Crippen molar-refractivity contribution in [3.8, 4) is 0 Å². The van der Waals surface area contributed by atoms with Crippen molar-refractivity contribution in [2.24, 2.45) is 0 Å². The van der Waals surface area contributed by atoms with Crippen LogP contribution < -0.4 is 5.32 Å². The second kappa shape index (κ2) is 8.35. The molecule has 1 atom stereocenters. The predicted octanol–water partition coefficient (Wildman–Crippen LogP) is 3.24. The molecule has 1 N–H and O–H groups in total. The molecular weight excluding hydrogens is 280 g/mol. The molecule has 0 saturated heterocycles. The fourth-order valence-corrected chi connectivity index (χ4v) is 2.06. The summed E-state index contributed by atoms with van der Waals surface area (Å²) in [5.74, 6) is 0. The van der Waals surface area contributed by atoms with Gasteiger partial charge in [-0.15, -0.1) is 0 Å². The number of halogens is 1.